The topological polar surface area (TPSA) is 144 Å². The average Bonchev–Trinajstić information content (AvgIpc) is 2.81. The van der Waals surface area contributed by atoms with Gasteiger partial charge in [0.2, 0.25) is 0 Å². The number of aliphatic carboxylic acids is 1. The number of carbonyl (C=O) groups excluding carboxylic acids is 2. The lowest BCUT2D eigenvalue weighted by molar-refractivity contribution is -0.139. The van der Waals surface area contributed by atoms with E-state index in [4.69, 9.17) is 15.2 Å². The van der Waals surface area contributed by atoms with Crippen molar-refractivity contribution in [3.8, 4) is 5.75 Å². The highest BCUT2D eigenvalue weighted by molar-refractivity contribution is 5.93. The van der Waals surface area contributed by atoms with E-state index in [1.165, 1.54) is 0 Å². The molecule has 37 heavy (non-hydrogen) atoms. The summed E-state index contributed by atoms with van der Waals surface area (Å²) in [6.45, 7) is 10.9. The second-order valence-corrected chi connectivity index (χ2v) is 10.8. The smallest absolute Gasteiger partial charge is 0.408 e. The number of aliphatic imine (C=N–C) groups is 1. The Balaban J connectivity index is 1.71. The van der Waals surface area contributed by atoms with E-state index in [-0.39, 0.29) is 18.4 Å². The Morgan fingerprint density at radius 3 is 2.32 bits per heavy atom. The van der Waals surface area contributed by atoms with E-state index >= 15 is 0 Å². The number of nitrogens with one attached hydrogen (secondary N) is 1. The van der Waals surface area contributed by atoms with Gasteiger partial charge < -0.3 is 30.5 Å². The first kappa shape index (κ1) is 29.9. The number of carboxylic acid groups (broad SMARTS) is 1. The number of amides is 3. The molecule has 1 aliphatic heterocycles. The van der Waals surface area contributed by atoms with Crippen molar-refractivity contribution < 1.29 is 29.0 Å². The van der Waals surface area contributed by atoms with Crippen LogP contribution in [0.3, 0.4) is 0 Å². The van der Waals surface area contributed by atoms with E-state index in [0.29, 0.717) is 37.2 Å². The summed E-state index contributed by atoms with van der Waals surface area (Å²) in [5.74, 6) is 0.550. The predicted molar refractivity (Wildman–Crippen MR) is 142 cm³/mol. The summed E-state index contributed by atoms with van der Waals surface area (Å²) in [6.07, 6.45) is 3.18. The number of likely N-dealkylation sites (tertiary alicyclic amines) is 1. The number of hydrogen-bond acceptors (Lipinski definition) is 5. The number of amidine groups is 1. The molecular formula is C27H42N4O6. The van der Waals surface area contributed by atoms with Crippen molar-refractivity contribution in [1.29, 1.82) is 0 Å². The minimum Gasteiger partial charge on any atom is -0.494 e. The first-order valence-corrected chi connectivity index (χ1v) is 12.9. The average molecular weight is 519 g/mol. The van der Waals surface area contributed by atoms with Gasteiger partial charge in [0.1, 0.15) is 23.2 Å². The quantitative estimate of drug-likeness (QED) is 0.239. The standard InChI is InChI=1S/C27H42N4O6/c1-18(2)23(28)30-25(34)31-14-12-19(13-15-31)7-6-16-36-21-10-8-20(9-11-21)17-22(24(32)33)29-26(35)37-27(3,4)5/h8-11,18-19,22H,6-7,12-17H2,1-5H3,(H,29,35)(H,32,33)(H2,28,30,34)/t22-/m0/s1. The zero-order valence-corrected chi connectivity index (χ0v) is 22.7. The van der Waals surface area contributed by atoms with E-state index in [1.807, 2.05) is 13.8 Å². The van der Waals surface area contributed by atoms with Crippen LogP contribution in [-0.2, 0) is 16.0 Å². The largest absolute Gasteiger partial charge is 0.494 e. The molecule has 1 aliphatic rings. The third kappa shape index (κ3) is 11.1. The second kappa shape index (κ2) is 13.9. The molecule has 0 aliphatic carbocycles. The van der Waals surface area contributed by atoms with Crippen LogP contribution in [0.25, 0.3) is 0 Å². The number of nitrogens with zero attached hydrogens (tertiary/aromatic N) is 2. The molecule has 2 rings (SSSR count). The van der Waals surface area contributed by atoms with Gasteiger partial charge in [0.15, 0.2) is 0 Å². The van der Waals surface area contributed by atoms with Gasteiger partial charge in [-0.25, -0.2) is 14.4 Å². The molecule has 10 nitrogen and oxygen atoms in total. The second-order valence-electron chi connectivity index (χ2n) is 10.8. The van der Waals surface area contributed by atoms with E-state index in [0.717, 1.165) is 31.2 Å². The molecule has 1 heterocycles. The molecule has 4 N–H and O–H groups in total. The van der Waals surface area contributed by atoms with Crippen molar-refractivity contribution in [3.05, 3.63) is 29.8 Å². The van der Waals surface area contributed by atoms with Crippen LogP contribution in [0.15, 0.2) is 29.3 Å². The van der Waals surface area contributed by atoms with Gasteiger partial charge >= 0.3 is 18.1 Å². The van der Waals surface area contributed by atoms with Crippen LogP contribution < -0.4 is 15.8 Å². The summed E-state index contributed by atoms with van der Waals surface area (Å²) in [4.78, 5) is 41.5. The molecule has 0 spiro atoms. The normalized spacial score (nSPS) is 15.8. The Kier molecular flexibility index (Phi) is 11.2. The molecular weight excluding hydrogens is 476 g/mol. The molecule has 1 saturated heterocycles. The third-order valence-electron chi connectivity index (χ3n) is 6.08. The number of ether oxygens (including phenoxy) is 2. The fourth-order valence-corrected chi connectivity index (χ4v) is 3.89. The molecule has 0 aromatic heterocycles. The maximum atomic E-state index is 12.2. The molecule has 1 fully saturated rings. The Morgan fingerprint density at radius 2 is 1.78 bits per heavy atom. The highest BCUT2D eigenvalue weighted by atomic mass is 16.6. The maximum absolute atomic E-state index is 12.2. The third-order valence-corrected chi connectivity index (χ3v) is 6.08. The van der Waals surface area contributed by atoms with Crippen LogP contribution >= 0.6 is 0 Å². The summed E-state index contributed by atoms with van der Waals surface area (Å²) < 4.78 is 11.0. The first-order chi connectivity index (χ1) is 17.3. The fourth-order valence-electron chi connectivity index (χ4n) is 3.89. The maximum Gasteiger partial charge on any atom is 0.408 e. The van der Waals surface area contributed by atoms with Crippen LogP contribution in [0.2, 0.25) is 0 Å². The number of benzene rings is 1. The Bertz CT molecular complexity index is 931. The molecule has 3 amide bonds. The number of nitrogens with two attached hydrogens (primary N) is 1. The highest BCUT2D eigenvalue weighted by Crippen LogP contribution is 2.23. The summed E-state index contributed by atoms with van der Waals surface area (Å²) >= 11 is 0. The lowest BCUT2D eigenvalue weighted by Gasteiger charge is -2.30. The number of rotatable bonds is 10. The fraction of sp³-hybridized carbons (Fsp3) is 0.630. The van der Waals surface area contributed by atoms with Gasteiger partial charge in [-0.3, -0.25) is 0 Å². The van der Waals surface area contributed by atoms with Crippen molar-refractivity contribution >= 4 is 23.9 Å². The van der Waals surface area contributed by atoms with Gasteiger partial charge in [-0.1, -0.05) is 26.0 Å². The van der Waals surface area contributed by atoms with Gasteiger partial charge in [0.25, 0.3) is 0 Å². The molecule has 1 aromatic carbocycles. The van der Waals surface area contributed by atoms with E-state index in [1.54, 1.807) is 49.9 Å². The Morgan fingerprint density at radius 1 is 1.16 bits per heavy atom. The first-order valence-electron chi connectivity index (χ1n) is 12.9. The van der Waals surface area contributed by atoms with Crippen molar-refractivity contribution in [2.45, 2.75) is 78.4 Å². The van der Waals surface area contributed by atoms with Crippen LogP contribution in [-0.4, -0.2) is 65.3 Å². The van der Waals surface area contributed by atoms with Crippen molar-refractivity contribution in [2.75, 3.05) is 19.7 Å². The van der Waals surface area contributed by atoms with Crippen molar-refractivity contribution in [3.63, 3.8) is 0 Å². The van der Waals surface area contributed by atoms with E-state index in [2.05, 4.69) is 10.3 Å². The zero-order chi connectivity index (χ0) is 27.6. The molecule has 10 heteroatoms. The van der Waals surface area contributed by atoms with Crippen LogP contribution in [0.4, 0.5) is 9.59 Å². The molecule has 206 valence electrons. The number of carbonyl (C=O) groups is 3. The van der Waals surface area contributed by atoms with Gasteiger partial charge in [-0.15, -0.1) is 0 Å². The van der Waals surface area contributed by atoms with Gasteiger partial charge in [-0.2, -0.15) is 4.99 Å². The molecule has 1 aromatic rings. The lowest BCUT2D eigenvalue weighted by atomic mass is 9.92. The van der Waals surface area contributed by atoms with E-state index < -0.39 is 23.7 Å². The van der Waals surface area contributed by atoms with Crippen LogP contribution in [0, 0.1) is 11.8 Å². The SMILES string of the molecule is CC(C)C(N)=NC(=O)N1CCC(CCCOc2ccc(C[C@H](NC(=O)OC(C)(C)C)C(=O)O)cc2)CC1. The van der Waals surface area contributed by atoms with Gasteiger partial charge in [0, 0.05) is 25.4 Å². The molecule has 0 saturated carbocycles. The van der Waals surface area contributed by atoms with E-state index in [9.17, 15) is 19.5 Å². The minimum absolute atomic E-state index is 0.0560. The Labute approximate surface area is 219 Å². The number of hydrogen-bond donors (Lipinski definition) is 3. The number of piperidine rings is 1. The summed E-state index contributed by atoms with van der Waals surface area (Å²) in [5, 5.41) is 11.9. The van der Waals surface area contributed by atoms with Crippen molar-refractivity contribution in [2.24, 2.45) is 22.6 Å². The number of urea groups is 1. The lowest BCUT2D eigenvalue weighted by Crippen LogP contribution is -2.44. The molecule has 1 atom stereocenters. The van der Waals surface area contributed by atoms with Crippen LogP contribution in [0.1, 0.15) is 65.9 Å². The zero-order valence-electron chi connectivity index (χ0n) is 22.7. The summed E-state index contributed by atoms with van der Waals surface area (Å²) in [6, 6.07) is 5.85. The van der Waals surface area contributed by atoms with Crippen molar-refractivity contribution in [1.82, 2.24) is 10.2 Å². The number of carboxylic acids is 1. The van der Waals surface area contributed by atoms with Crippen LogP contribution in [0.5, 0.6) is 5.75 Å². The summed E-state index contributed by atoms with van der Waals surface area (Å²) in [5.41, 5.74) is 5.85. The number of alkyl carbamates (subject to hydrolysis) is 1. The summed E-state index contributed by atoms with van der Waals surface area (Å²) in [7, 11) is 0. The Hall–Kier alpha value is -3.30. The molecule has 0 bridgehead atoms. The van der Waals surface area contributed by atoms with Gasteiger partial charge in [-0.05, 0) is 70.1 Å². The monoisotopic (exact) mass is 518 g/mol. The predicted octanol–water partition coefficient (Wildman–Crippen LogP) is 4.21. The minimum atomic E-state index is -1.13. The molecule has 0 unspecified atom stereocenters. The molecule has 0 radical (unpaired) electrons. The highest BCUT2D eigenvalue weighted by Gasteiger charge is 2.25. The van der Waals surface area contributed by atoms with Gasteiger partial charge in [0.05, 0.1) is 6.61 Å².